The normalized spacial score (nSPS) is 17.8. The first-order valence-corrected chi connectivity index (χ1v) is 11.1. The van der Waals surface area contributed by atoms with E-state index >= 15 is 0 Å². The Kier molecular flexibility index (Phi) is 6.87. The van der Waals surface area contributed by atoms with E-state index in [9.17, 15) is 14.7 Å². The van der Waals surface area contributed by atoms with Gasteiger partial charge < -0.3 is 10.4 Å². The van der Waals surface area contributed by atoms with Gasteiger partial charge in [-0.1, -0.05) is 78.4 Å². The first-order valence-electron chi connectivity index (χ1n) is 11.1. The second-order valence-electron chi connectivity index (χ2n) is 8.62. The summed E-state index contributed by atoms with van der Waals surface area (Å²) in [6.45, 7) is 2.03. The topological polar surface area (TPSA) is 98.7 Å². The lowest BCUT2D eigenvalue weighted by molar-refractivity contribution is -0.135. The summed E-state index contributed by atoms with van der Waals surface area (Å²) in [7, 11) is 0. The zero-order chi connectivity index (χ0) is 23.4. The van der Waals surface area contributed by atoms with Crippen molar-refractivity contribution in [3.63, 3.8) is 0 Å². The van der Waals surface area contributed by atoms with Crippen molar-refractivity contribution in [3.05, 3.63) is 95.1 Å². The van der Waals surface area contributed by atoms with Crippen LogP contribution in [-0.4, -0.2) is 28.2 Å². The molecule has 4 rings (SSSR count). The molecule has 1 aliphatic rings. The number of hydrogen-bond donors (Lipinski definition) is 4. The van der Waals surface area contributed by atoms with Crippen LogP contribution in [0, 0.1) is 12.8 Å². The highest BCUT2D eigenvalue weighted by atomic mass is 16.5. The van der Waals surface area contributed by atoms with Crippen molar-refractivity contribution < 1.29 is 19.9 Å². The number of amides is 2. The second kappa shape index (κ2) is 9.98. The zero-order valence-electron chi connectivity index (χ0n) is 18.5. The van der Waals surface area contributed by atoms with Crippen molar-refractivity contribution >= 4 is 11.8 Å². The van der Waals surface area contributed by atoms with Gasteiger partial charge >= 0.3 is 0 Å². The van der Waals surface area contributed by atoms with Gasteiger partial charge in [0.1, 0.15) is 0 Å². The summed E-state index contributed by atoms with van der Waals surface area (Å²) in [6, 6.07) is 23.0. The Hall–Kier alpha value is -3.48. The Balaban J connectivity index is 1.60. The van der Waals surface area contributed by atoms with Crippen LogP contribution in [0.25, 0.3) is 11.1 Å². The molecule has 0 unspecified atom stereocenters. The molecule has 0 saturated carbocycles. The van der Waals surface area contributed by atoms with E-state index in [0.29, 0.717) is 12.8 Å². The Morgan fingerprint density at radius 3 is 2.58 bits per heavy atom. The molecular weight excluding hydrogens is 416 g/mol. The smallest absolute Gasteiger partial charge is 0.244 e. The molecule has 33 heavy (non-hydrogen) atoms. The summed E-state index contributed by atoms with van der Waals surface area (Å²) in [4.78, 5) is 25.4. The van der Waals surface area contributed by atoms with E-state index in [1.54, 1.807) is 5.48 Å². The Morgan fingerprint density at radius 2 is 1.79 bits per heavy atom. The number of hydroxylamine groups is 1. The van der Waals surface area contributed by atoms with Gasteiger partial charge in [-0.05, 0) is 41.2 Å². The molecule has 3 aromatic carbocycles. The zero-order valence-corrected chi connectivity index (χ0v) is 18.5. The van der Waals surface area contributed by atoms with Gasteiger partial charge in [-0.3, -0.25) is 14.8 Å². The number of aliphatic hydroxyl groups is 1. The SMILES string of the molecule is Cc1cccc(-c2ccccc2C[C@H](CC(=O)NO)C(=O)N[C@H]2c3ccccc3C[C@H]2O)c1. The fraction of sp³-hybridized carbons (Fsp3) is 0.259. The van der Waals surface area contributed by atoms with Crippen molar-refractivity contribution in [3.8, 4) is 11.1 Å². The van der Waals surface area contributed by atoms with Crippen LogP contribution in [-0.2, 0) is 22.4 Å². The van der Waals surface area contributed by atoms with Crippen molar-refractivity contribution in [2.75, 3.05) is 0 Å². The Bertz CT molecular complexity index is 1160. The fourth-order valence-electron chi connectivity index (χ4n) is 4.60. The van der Waals surface area contributed by atoms with Crippen molar-refractivity contribution in [2.45, 2.75) is 38.3 Å². The molecule has 6 nitrogen and oxygen atoms in total. The molecule has 1 aliphatic carbocycles. The lowest BCUT2D eigenvalue weighted by atomic mass is 9.89. The maximum Gasteiger partial charge on any atom is 0.244 e. The molecular formula is C27H28N2O4. The highest BCUT2D eigenvalue weighted by Gasteiger charge is 2.34. The molecule has 0 radical (unpaired) electrons. The van der Waals surface area contributed by atoms with Gasteiger partial charge in [-0.2, -0.15) is 0 Å². The van der Waals surface area contributed by atoms with Crippen LogP contribution in [0.2, 0.25) is 0 Å². The van der Waals surface area contributed by atoms with Crippen LogP contribution in [0.5, 0.6) is 0 Å². The number of aryl methyl sites for hydroxylation is 1. The predicted molar refractivity (Wildman–Crippen MR) is 125 cm³/mol. The molecule has 0 heterocycles. The van der Waals surface area contributed by atoms with E-state index in [0.717, 1.165) is 33.4 Å². The van der Waals surface area contributed by atoms with Crippen molar-refractivity contribution in [2.24, 2.45) is 5.92 Å². The summed E-state index contributed by atoms with van der Waals surface area (Å²) in [5.41, 5.74) is 7.63. The van der Waals surface area contributed by atoms with E-state index in [2.05, 4.69) is 11.4 Å². The molecule has 0 aliphatic heterocycles. The van der Waals surface area contributed by atoms with E-state index in [1.807, 2.05) is 73.7 Å². The lowest BCUT2D eigenvalue weighted by Crippen LogP contribution is -2.40. The van der Waals surface area contributed by atoms with Crippen LogP contribution in [0.4, 0.5) is 0 Å². The molecule has 0 spiro atoms. The minimum Gasteiger partial charge on any atom is -0.390 e. The first kappa shape index (κ1) is 22.7. The molecule has 2 amide bonds. The number of nitrogens with one attached hydrogen (secondary N) is 2. The second-order valence-corrected chi connectivity index (χ2v) is 8.62. The number of hydrogen-bond acceptors (Lipinski definition) is 4. The van der Waals surface area contributed by atoms with Gasteiger partial charge in [0.25, 0.3) is 0 Å². The lowest BCUT2D eigenvalue weighted by Gasteiger charge is -2.23. The quantitative estimate of drug-likeness (QED) is 0.331. The van der Waals surface area contributed by atoms with Crippen molar-refractivity contribution in [1.82, 2.24) is 10.8 Å². The third-order valence-electron chi connectivity index (χ3n) is 6.24. The van der Waals surface area contributed by atoms with E-state index < -0.39 is 24.0 Å². The van der Waals surface area contributed by atoms with Crippen LogP contribution in [0.3, 0.4) is 0 Å². The minimum absolute atomic E-state index is 0.172. The Labute approximate surface area is 193 Å². The first-order chi connectivity index (χ1) is 16.0. The van der Waals surface area contributed by atoms with Crippen LogP contribution < -0.4 is 10.8 Å². The minimum atomic E-state index is -0.724. The molecule has 0 aromatic heterocycles. The molecule has 0 bridgehead atoms. The van der Waals surface area contributed by atoms with E-state index in [1.165, 1.54) is 0 Å². The van der Waals surface area contributed by atoms with Gasteiger partial charge in [-0.15, -0.1) is 0 Å². The van der Waals surface area contributed by atoms with Gasteiger partial charge in [-0.25, -0.2) is 5.48 Å². The highest BCUT2D eigenvalue weighted by molar-refractivity contribution is 5.86. The maximum absolute atomic E-state index is 13.3. The largest absolute Gasteiger partial charge is 0.390 e. The molecule has 0 saturated heterocycles. The summed E-state index contributed by atoms with van der Waals surface area (Å²) in [5, 5.41) is 22.6. The maximum atomic E-state index is 13.3. The summed E-state index contributed by atoms with van der Waals surface area (Å²) in [6.07, 6.45) is -0.111. The Morgan fingerprint density at radius 1 is 1.03 bits per heavy atom. The summed E-state index contributed by atoms with van der Waals surface area (Å²) < 4.78 is 0. The van der Waals surface area contributed by atoms with E-state index in [-0.39, 0.29) is 12.3 Å². The highest BCUT2D eigenvalue weighted by Crippen LogP contribution is 2.32. The van der Waals surface area contributed by atoms with Crippen LogP contribution >= 0.6 is 0 Å². The molecule has 3 aromatic rings. The van der Waals surface area contributed by atoms with Gasteiger partial charge in [0.15, 0.2) is 0 Å². The number of benzene rings is 3. The molecule has 170 valence electrons. The van der Waals surface area contributed by atoms with Crippen LogP contribution in [0.15, 0.2) is 72.8 Å². The van der Waals surface area contributed by atoms with Gasteiger partial charge in [0.05, 0.1) is 18.1 Å². The predicted octanol–water partition coefficient (Wildman–Crippen LogP) is 3.49. The molecule has 0 fully saturated rings. The third-order valence-corrected chi connectivity index (χ3v) is 6.24. The third kappa shape index (κ3) is 5.13. The number of rotatable bonds is 7. The number of fused-ring (bicyclic) bond motifs is 1. The van der Waals surface area contributed by atoms with Crippen molar-refractivity contribution in [1.29, 1.82) is 0 Å². The fourth-order valence-corrected chi connectivity index (χ4v) is 4.60. The molecule has 6 heteroatoms. The standard InChI is InChI=1S/C27H28N2O4/c1-17-7-6-10-18(13-17)22-11-4-2-8-19(22)14-21(16-25(31)29-33)27(32)28-26-23-12-5-3-9-20(23)15-24(26)30/h2-13,21,24,26,30,33H,14-16H2,1H3,(H,28,32)(H,29,31)/t21-,24-,26+/m1/s1. The monoisotopic (exact) mass is 444 g/mol. The molecule has 4 N–H and O–H groups in total. The van der Waals surface area contributed by atoms with E-state index in [4.69, 9.17) is 5.21 Å². The summed E-state index contributed by atoms with van der Waals surface area (Å²) in [5.74, 6) is -1.68. The number of carbonyl (C=O) groups excluding carboxylic acids is 2. The van der Waals surface area contributed by atoms with Gasteiger partial charge in [0.2, 0.25) is 11.8 Å². The average molecular weight is 445 g/mol. The van der Waals surface area contributed by atoms with Crippen LogP contribution in [0.1, 0.15) is 34.7 Å². The van der Waals surface area contributed by atoms with Gasteiger partial charge in [0, 0.05) is 12.8 Å². The average Bonchev–Trinajstić information content (AvgIpc) is 3.13. The molecule has 3 atom stereocenters. The number of carbonyl (C=O) groups is 2. The summed E-state index contributed by atoms with van der Waals surface area (Å²) >= 11 is 0. The number of aliphatic hydroxyl groups excluding tert-OH is 1.